The second-order valence-corrected chi connectivity index (χ2v) is 8.91. The van der Waals surface area contributed by atoms with Crippen molar-refractivity contribution in [2.75, 3.05) is 0 Å². The van der Waals surface area contributed by atoms with Crippen LogP contribution in [0, 0.1) is 17.2 Å². The maximum atomic E-state index is 12.4. The molecule has 1 aromatic rings. The van der Waals surface area contributed by atoms with Gasteiger partial charge in [0.05, 0.1) is 11.3 Å². The molecule has 126 valence electrons. The lowest BCUT2D eigenvalue weighted by molar-refractivity contribution is -0.121. The van der Waals surface area contributed by atoms with Crippen LogP contribution in [0.1, 0.15) is 54.0 Å². The molecule has 1 aromatic carbocycles. The highest BCUT2D eigenvalue weighted by molar-refractivity contribution is 8.00. The molecule has 0 aliphatic rings. The van der Waals surface area contributed by atoms with Crippen molar-refractivity contribution < 1.29 is 4.79 Å². The fourth-order valence-corrected chi connectivity index (χ4v) is 2.82. The third-order valence-electron chi connectivity index (χ3n) is 4.17. The Kier molecular flexibility index (Phi) is 6.30. The fourth-order valence-electron chi connectivity index (χ4n) is 1.95. The molecule has 0 heterocycles. The first-order valence-electron chi connectivity index (χ1n) is 8.00. The summed E-state index contributed by atoms with van der Waals surface area (Å²) in [5, 5.41) is 11.9. The zero-order valence-corrected chi connectivity index (χ0v) is 16.0. The Bertz CT molecular complexity index is 581. The third-order valence-corrected chi connectivity index (χ3v) is 5.28. The largest absolute Gasteiger partial charge is 0.337 e. The average Bonchev–Trinajstić information content (AvgIpc) is 2.46. The number of thioether (sulfide) groups is 1. The van der Waals surface area contributed by atoms with E-state index in [0.717, 1.165) is 4.90 Å². The zero-order chi connectivity index (χ0) is 17.8. The van der Waals surface area contributed by atoms with Crippen molar-refractivity contribution >= 4 is 17.7 Å². The van der Waals surface area contributed by atoms with Crippen molar-refractivity contribution in [3.05, 3.63) is 29.8 Å². The predicted molar refractivity (Wildman–Crippen MR) is 97.5 cm³/mol. The Morgan fingerprint density at radius 2 is 1.65 bits per heavy atom. The van der Waals surface area contributed by atoms with E-state index in [0.29, 0.717) is 0 Å². The van der Waals surface area contributed by atoms with Crippen molar-refractivity contribution in [3.8, 4) is 6.07 Å². The summed E-state index contributed by atoms with van der Waals surface area (Å²) in [7, 11) is 0. The Morgan fingerprint density at radius 1 is 1.13 bits per heavy atom. The van der Waals surface area contributed by atoms with Crippen LogP contribution in [0.15, 0.2) is 29.2 Å². The minimum atomic E-state index is -0.831. The number of carbonyl (C=O) groups is 1. The Morgan fingerprint density at radius 3 is 2.04 bits per heavy atom. The van der Waals surface area contributed by atoms with Gasteiger partial charge in [0.2, 0.25) is 5.91 Å². The lowest BCUT2D eigenvalue weighted by Crippen LogP contribution is -2.51. The zero-order valence-electron chi connectivity index (χ0n) is 15.2. The monoisotopic (exact) mass is 332 g/mol. The number of nitrogens with zero attached hydrogens (tertiary/aromatic N) is 1. The van der Waals surface area contributed by atoms with Crippen LogP contribution in [0.25, 0.3) is 0 Å². The molecule has 23 heavy (non-hydrogen) atoms. The maximum absolute atomic E-state index is 12.4. The van der Waals surface area contributed by atoms with E-state index in [1.54, 1.807) is 6.92 Å². The van der Waals surface area contributed by atoms with Crippen LogP contribution < -0.4 is 5.32 Å². The van der Waals surface area contributed by atoms with E-state index >= 15 is 0 Å². The number of nitrogens with one attached hydrogen (secondary N) is 1. The third kappa shape index (κ3) is 5.28. The van der Waals surface area contributed by atoms with E-state index in [4.69, 9.17) is 0 Å². The smallest absolute Gasteiger partial charge is 0.234 e. The van der Waals surface area contributed by atoms with Crippen molar-refractivity contribution in [1.82, 2.24) is 5.32 Å². The number of nitriles is 1. The molecule has 0 fully saturated rings. The van der Waals surface area contributed by atoms with E-state index in [1.165, 1.54) is 17.3 Å². The Balaban J connectivity index is 2.74. The van der Waals surface area contributed by atoms with Crippen molar-refractivity contribution in [1.29, 1.82) is 5.26 Å². The molecule has 0 aliphatic carbocycles. The van der Waals surface area contributed by atoms with Gasteiger partial charge in [-0.1, -0.05) is 46.8 Å². The molecule has 0 bridgehead atoms. The number of rotatable bonds is 5. The maximum Gasteiger partial charge on any atom is 0.234 e. The van der Waals surface area contributed by atoms with E-state index in [2.05, 4.69) is 56.4 Å². The first kappa shape index (κ1) is 19.6. The molecule has 0 saturated carbocycles. The Labute approximate surface area is 144 Å². The number of amides is 1. The van der Waals surface area contributed by atoms with Crippen molar-refractivity contribution in [2.45, 2.75) is 69.6 Å². The predicted octanol–water partition coefficient (Wildman–Crippen LogP) is 4.52. The van der Waals surface area contributed by atoms with Gasteiger partial charge in [0, 0.05) is 4.90 Å². The molecule has 0 unspecified atom stereocenters. The van der Waals surface area contributed by atoms with Gasteiger partial charge in [-0.25, -0.2) is 0 Å². The topological polar surface area (TPSA) is 52.9 Å². The van der Waals surface area contributed by atoms with E-state index in [-0.39, 0.29) is 22.5 Å². The summed E-state index contributed by atoms with van der Waals surface area (Å²) in [5.41, 5.74) is 0.566. The van der Waals surface area contributed by atoms with Crippen LogP contribution in [0.5, 0.6) is 0 Å². The van der Waals surface area contributed by atoms with Gasteiger partial charge < -0.3 is 5.32 Å². The molecule has 0 aromatic heterocycles. The molecule has 3 nitrogen and oxygen atoms in total. The summed E-state index contributed by atoms with van der Waals surface area (Å²) in [4.78, 5) is 13.4. The summed E-state index contributed by atoms with van der Waals surface area (Å²) in [6, 6.07) is 10.5. The van der Waals surface area contributed by atoms with Crippen LogP contribution in [-0.2, 0) is 10.2 Å². The minimum absolute atomic E-state index is 0.0553. The molecule has 0 radical (unpaired) electrons. The molecule has 2 atom stereocenters. The number of benzene rings is 1. The number of hydrogen-bond donors (Lipinski definition) is 1. The molecule has 0 aliphatic heterocycles. The highest BCUT2D eigenvalue weighted by Gasteiger charge is 2.31. The van der Waals surface area contributed by atoms with Gasteiger partial charge in [0.15, 0.2) is 0 Å². The normalized spacial score (nSPS) is 15.6. The van der Waals surface area contributed by atoms with Gasteiger partial charge in [-0.15, -0.1) is 11.8 Å². The molecule has 4 heteroatoms. The molecule has 1 amide bonds. The molecule has 0 spiro atoms. The van der Waals surface area contributed by atoms with Crippen LogP contribution in [0.4, 0.5) is 0 Å². The standard InChI is InChI=1S/C19H28N2OS/c1-13(2)19(7,12-20)21-17(22)14(3)23-16-10-8-15(9-11-16)18(4,5)6/h8-11,13-14H,1-7H3,(H,21,22)/t14-,19+/m0/s1. The fraction of sp³-hybridized carbons (Fsp3) is 0.579. The summed E-state index contributed by atoms with van der Waals surface area (Å²) in [5.74, 6) is -0.0487. The number of carbonyl (C=O) groups excluding carboxylic acids is 1. The summed E-state index contributed by atoms with van der Waals surface area (Å²) in [6.07, 6.45) is 0. The molecule has 1 N–H and O–H groups in total. The first-order valence-corrected chi connectivity index (χ1v) is 8.88. The van der Waals surface area contributed by atoms with Crippen LogP contribution in [-0.4, -0.2) is 16.7 Å². The van der Waals surface area contributed by atoms with Crippen LogP contribution in [0.2, 0.25) is 0 Å². The molecular formula is C19H28N2OS. The van der Waals surface area contributed by atoms with Crippen LogP contribution >= 0.6 is 11.8 Å². The van der Waals surface area contributed by atoms with Crippen LogP contribution in [0.3, 0.4) is 0 Å². The van der Waals surface area contributed by atoms with E-state index < -0.39 is 5.54 Å². The minimum Gasteiger partial charge on any atom is -0.337 e. The number of hydrogen-bond acceptors (Lipinski definition) is 3. The Hall–Kier alpha value is -1.47. The average molecular weight is 333 g/mol. The highest BCUT2D eigenvalue weighted by Crippen LogP contribution is 2.28. The quantitative estimate of drug-likeness (QED) is 0.807. The molecular weight excluding hydrogens is 304 g/mol. The SMILES string of the molecule is CC(C)[C@@](C)(C#N)NC(=O)[C@H](C)Sc1ccc(C(C)(C)C)cc1. The van der Waals surface area contributed by atoms with Gasteiger partial charge in [-0.2, -0.15) is 5.26 Å². The van der Waals surface area contributed by atoms with Gasteiger partial charge in [-0.05, 0) is 42.9 Å². The van der Waals surface area contributed by atoms with Gasteiger partial charge in [0.25, 0.3) is 0 Å². The molecule has 0 saturated heterocycles. The lowest BCUT2D eigenvalue weighted by atomic mass is 9.87. The van der Waals surface area contributed by atoms with Gasteiger partial charge in [0.1, 0.15) is 5.54 Å². The van der Waals surface area contributed by atoms with E-state index in [9.17, 15) is 10.1 Å². The summed E-state index contributed by atoms with van der Waals surface area (Å²) in [6.45, 7) is 14.1. The second kappa shape index (κ2) is 7.40. The van der Waals surface area contributed by atoms with E-state index in [1.807, 2.05) is 20.8 Å². The summed E-state index contributed by atoms with van der Waals surface area (Å²) >= 11 is 1.51. The lowest BCUT2D eigenvalue weighted by Gasteiger charge is -2.28. The van der Waals surface area contributed by atoms with Crippen molar-refractivity contribution in [3.63, 3.8) is 0 Å². The van der Waals surface area contributed by atoms with Gasteiger partial charge >= 0.3 is 0 Å². The molecule has 1 rings (SSSR count). The van der Waals surface area contributed by atoms with Gasteiger partial charge in [-0.3, -0.25) is 4.79 Å². The first-order chi connectivity index (χ1) is 10.5. The summed E-state index contributed by atoms with van der Waals surface area (Å²) < 4.78 is 0. The second-order valence-electron chi connectivity index (χ2n) is 7.49. The highest BCUT2D eigenvalue weighted by atomic mass is 32.2. The van der Waals surface area contributed by atoms with Crippen molar-refractivity contribution in [2.24, 2.45) is 5.92 Å².